The Balaban J connectivity index is 2.32. The minimum absolute atomic E-state index is 0.0719. The molecule has 0 unspecified atom stereocenters. The van der Waals surface area contributed by atoms with Gasteiger partial charge in [0.05, 0.1) is 12.6 Å². The Kier molecular flexibility index (Phi) is 3.57. The van der Waals surface area contributed by atoms with Gasteiger partial charge in [-0.2, -0.15) is 0 Å². The Morgan fingerprint density at radius 1 is 1.75 bits per heavy atom. The molecule has 0 aliphatic carbocycles. The van der Waals surface area contributed by atoms with E-state index in [1.54, 1.807) is 0 Å². The first-order valence-electron chi connectivity index (χ1n) is 3.17. The number of rotatable bonds is 5. The Hall–Kier alpha value is -1.06. The lowest BCUT2D eigenvalue weighted by atomic mass is 10.3. The summed E-state index contributed by atoms with van der Waals surface area (Å²) < 4.78 is 19.0. The van der Waals surface area contributed by atoms with E-state index in [9.17, 15) is 9.36 Å². The Morgan fingerprint density at radius 2 is 2.58 bits per heavy atom. The summed E-state index contributed by atoms with van der Waals surface area (Å²) >= 11 is 0. The fraction of sp³-hybridized carbons (Fsp3) is 0.333. The van der Waals surface area contributed by atoms with Crippen molar-refractivity contribution in [2.75, 3.05) is 6.61 Å². The molecule has 0 spiro atoms. The van der Waals surface area contributed by atoms with E-state index in [4.69, 9.17) is 4.42 Å². The second-order valence-corrected chi connectivity index (χ2v) is 2.40. The quantitative estimate of drug-likeness (QED) is 0.643. The maximum absolute atomic E-state index is 10.9. The molecule has 0 N–H and O–H groups in total. The average molecular weight is 187 g/mol. The van der Waals surface area contributed by atoms with E-state index in [1.165, 1.54) is 12.5 Å². The van der Waals surface area contributed by atoms with Gasteiger partial charge in [-0.3, -0.25) is 9.32 Å². The predicted octanol–water partition coefficient (Wildman–Crippen LogP) is 1.01. The molecule has 1 aromatic rings. The molecule has 0 aromatic carbocycles. The van der Waals surface area contributed by atoms with Crippen molar-refractivity contribution in [2.45, 2.75) is 6.42 Å². The molecule has 0 saturated heterocycles. The van der Waals surface area contributed by atoms with Crippen molar-refractivity contribution in [3.63, 3.8) is 0 Å². The van der Waals surface area contributed by atoms with E-state index in [0.29, 0.717) is 5.89 Å². The van der Waals surface area contributed by atoms with E-state index in [-0.39, 0.29) is 18.8 Å². The number of ketones is 1. The van der Waals surface area contributed by atoms with Crippen molar-refractivity contribution >= 4 is 14.5 Å². The monoisotopic (exact) mass is 187 g/mol. The Bertz CT molecular complexity index is 259. The number of nitrogens with zero attached hydrogens (tertiary/aromatic N) is 1. The number of hydrogen-bond acceptors (Lipinski definition) is 5. The zero-order valence-electron chi connectivity index (χ0n) is 6.10. The highest BCUT2D eigenvalue weighted by Crippen LogP contribution is 1.99. The van der Waals surface area contributed by atoms with Crippen molar-refractivity contribution in [3.05, 3.63) is 18.4 Å². The van der Waals surface area contributed by atoms with Crippen LogP contribution in [0.15, 0.2) is 16.9 Å². The maximum atomic E-state index is 10.9. The zero-order chi connectivity index (χ0) is 8.81. The van der Waals surface area contributed by atoms with Crippen LogP contribution in [0.3, 0.4) is 0 Å². The van der Waals surface area contributed by atoms with Crippen LogP contribution in [0.1, 0.15) is 5.89 Å². The lowest BCUT2D eigenvalue weighted by Gasteiger charge is -1.92. The number of hydrogen-bond donors (Lipinski definition) is 0. The number of carbonyl (C=O) groups excluding carboxylic acids is 1. The number of aromatic nitrogens is 1. The van der Waals surface area contributed by atoms with Crippen LogP contribution in [0, 0.1) is 0 Å². The second kappa shape index (κ2) is 4.74. The highest BCUT2D eigenvalue weighted by atomic mass is 31.1. The molecule has 6 heteroatoms. The van der Waals surface area contributed by atoms with Gasteiger partial charge in [-0.1, -0.05) is 0 Å². The number of Topliss-reactive ketones (excluding diaryl/α,β-unsaturated/α-hetero) is 1. The molecule has 12 heavy (non-hydrogen) atoms. The molecule has 0 bridgehead atoms. The summed E-state index contributed by atoms with van der Waals surface area (Å²) in [7, 11) is -0.491. The third-order valence-corrected chi connectivity index (χ3v) is 1.34. The third kappa shape index (κ3) is 2.90. The molecular formula is C6H6NO4P. The molecular weight excluding hydrogens is 181 g/mol. The maximum Gasteiger partial charge on any atom is 0.327 e. The van der Waals surface area contributed by atoms with Crippen LogP contribution in [0.5, 0.6) is 0 Å². The molecule has 64 valence electrons. The van der Waals surface area contributed by atoms with Gasteiger partial charge in [0.1, 0.15) is 12.9 Å². The summed E-state index contributed by atoms with van der Waals surface area (Å²) in [4.78, 5) is 14.6. The molecule has 5 nitrogen and oxygen atoms in total. The minimum Gasteiger partial charge on any atom is -0.449 e. The van der Waals surface area contributed by atoms with Gasteiger partial charge in [-0.05, 0) is 0 Å². The first-order chi connectivity index (χ1) is 5.83. The van der Waals surface area contributed by atoms with Gasteiger partial charge in [0.2, 0.25) is 5.89 Å². The number of oxazole rings is 1. The van der Waals surface area contributed by atoms with Crippen LogP contribution < -0.4 is 0 Å². The van der Waals surface area contributed by atoms with Gasteiger partial charge < -0.3 is 4.42 Å². The molecule has 0 atom stereocenters. The highest BCUT2D eigenvalue weighted by Gasteiger charge is 2.06. The number of carbonyl (C=O) groups is 1. The van der Waals surface area contributed by atoms with Gasteiger partial charge >= 0.3 is 8.69 Å². The minimum atomic E-state index is -0.491. The lowest BCUT2D eigenvalue weighted by Crippen LogP contribution is -2.08. The van der Waals surface area contributed by atoms with Crippen molar-refractivity contribution in [3.8, 4) is 0 Å². The largest absolute Gasteiger partial charge is 0.449 e. The summed E-state index contributed by atoms with van der Waals surface area (Å²) in [5, 5.41) is 0. The summed E-state index contributed by atoms with van der Waals surface area (Å²) in [5.41, 5.74) is 0. The molecule has 1 aromatic heterocycles. The van der Waals surface area contributed by atoms with Crippen molar-refractivity contribution < 1.29 is 18.3 Å². The second-order valence-electron chi connectivity index (χ2n) is 1.99. The van der Waals surface area contributed by atoms with E-state index >= 15 is 0 Å². The van der Waals surface area contributed by atoms with Crippen molar-refractivity contribution in [2.24, 2.45) is 0 Å². The predicted molar refractivity (Wildman–Crippen MR) is 38.8 cm³/mol. The normalized spacial score (nSPS) is 10.3. The lowest BCUT2D eigenvalue weighted by molar-refractivity contribution is -0.120. The molecule has 0 saturated carbocycles. The summed E-state index contributed by atoms with van der Waals surface area (Å²) in [5.74, 6) is 0.118. The highest BCUT2D eigenvalue weighted by molar-refractivity contribution is 7.17. The van der Waals surface area contributed by atoms with E-state index in [1.807, 2.05) is 0 Å². The molecule has 0 fully saturated rings. The van der Waals surface area contributed by atoms with Gasteiger partial charge in [0.15, 0.2) is 5.78 Å². The Morgan fingerprint density at radius 3 is 3.17 bits per heavy atom. The van der Waals surface area contributed by atoms with Crippen molar-refractivity contribution in [1.29, 1.82) is 0 Å². The molecule has 0 radical (unpaired) electrons. The van der Waals surface area contributed by atoms with Crippen LogP contribution in [0.2, 0.25) is 0 Å². The zero-order valence-corrected chi connectivity index (χ0v) is 6.99. The van der Waals surface area contributed by atoms with Gasteiger partial charge in [-0.25, -0.2) is 9.55 Å². The van der Waals surface area contributed by atoms with E-state index in [2.05, 4.69) is 9.51 Å². The topological polar surface area (TPSA) is 69.4 Å². The molecule has 1 heterocycles. The SMILES string of the molecule is O=POCC(=O)Cc1ncco1. The van der Waals surface area contributed by atoms with E-state index in [0.717, 1.165) is 0 Å². The van der Waals surface area contributed by atoms with Crippen LogP contribution in [0.4, 0.5) is 0 Å². The van der Waals surface area contributed by atoms with Gasteiger partial charge in [0, 0.05) is 0 Å². The molecule has 0 aliphatic rings. The fourth-order valence-corrected chi connectivity index (χ4v) is 0.855. The Labute approximate surface area is 70.0 Å². The third-order valence-electron chi connectivity index (χ3n) is 1.11. The molecule has 1 rings (SSSR count). The van der Waals surface area contributed by atoms with Gasteiger partial charge in [0.25, 0.3) is 0 Å². The van der Waals surface area contributed by atoms with Gasteiger partial charge in [-0.15, -0.1) is 0 Å². The smallest absolute Gasteiger partial charge is 0.327 e. The average Bonchev–Trinajstić information content (AvgIpc) is 2.53. The summed E-state index contributed by atoms with van der Waals surface area (Å²) in [6.07, 6.45) is 2.91. The first-order valence-corrected chi connectivity index (χ1v) is 3.90. The van der Waals surface area contributed by atoms with Crippen molar-refractivity contribution in [1.82, 2.24) is 4.98 Å². The fourth-order valence-electron chi connectivity index (χ4n) is 0.658. The van der Waals surface area contributed by atoms with Crippen LogP contribution in [-0.4, -0.2) is 17.4 Å². The van der Waals surface area contributed by atoms with Crippen LogP contribution >= 0.6 is 8.69 Å². The summed E-state index contributed by atoms with van der Waals surface area (Å²) in [6, 6.07) is 0. The van der Waals surface area contributed by atoms with E-state index < -0.39 is 8.69 Å². The molecule has 0 amide bonds. The molecule has 0 aliphatic heterocycles. The van der Waals surface area contributed by atoms with Crippen LogP contribution in [-0.2, 0) is 20.3 Å². The standard InChI is InChI=1S/C6H6NO4P/c8-5(4-11-12-9)3-6-7-1-2-10-6/h1-2H,3-4H2. The summed E-state index contributed by atoms with van der Waals surface area (Å²) in [6.45, 7) is -0.187. The first kappa shape index (κ1) is 9.03. The van der Waals surface area contributed by atoms with Crippen LogP contribution in [0.25, 0.3) is 0 Å².